The van der Waals surface area contributed by atoms with Gasteiger partial charge in [-0.2, -0.15) is 0 Å². The molecule has 1 aromatic rings. The van der Waals surface area contributed by atoms with E-state index in [0.29, 0.717) is 12.5 Å². The summed E-state index contributed by atoms with van der Waals surface area (Å²) in [6.07, 6.45) is 1.61. The first-order valence-corrected chi connectivity index (χ1v) is 8.59. The Morgan fingerprint density at radius 2 is 1.96 bits per heavy atom. The molecule has 2 rings (SSSR count). The van der Waals surface area contributed by atoms with Crippen LogP contribution < -0.4 is 5.48 Å². The summed E-state index contributed by atoms with van der Waals surface area (Å²) in [6.45, 7) is 8.80. The second-order valence-electron chi connectivity index (χ2n) is 7.47. The Morgan fingerprint density at radius 3 is 2.50 bits per heavy atom. The fourth-order valence-corrected chi connectivity index (χ4v) is 3.53. The molecule has 0 saturated carbocycles. The summed E-state index contributed by atoms with van der Waals surface area (Å²) in [5.74, 6) is -0.0133. The first kappa shape index (κ1) is 18.5. The molecule has 1 saturated heterocycles. The first-order chi connectivity index (χ1) is 11.3. The number of benzene rings is 1. The minimum absolute atomic E-state index is 0.0720. The lowest BCUT2D eigenvalue weighted by atomic mass is 9.80. The highest BCUT2D eigenvalue weighted by molar-refractivity contribution is 5.90. The van der Waals surface area contributed by atoms with Crippen LogP contribution in [0.2, 0.25) is 0 Å². The van der Waals surface area contributed by atoms with Gasteiger partial charge in [0.2, 0.25) is 11.8 Å². The van der Waals surface area contributed by atoms with E-state index in [4.69, 9.17) is 5.21 Å². The second-order valence-corrected chi connectivity index (χ2v) is 7.47. The molecule has 1 aliphatic rings. The van der Waals surface area contributed by atoms with Crippen molar-refractivity contribution >= 4 is 11.8 Å². The summed E-state index contributed by atoms with van der Waals surface area (Å²) < 4.78 is 0. The van der Waals surface area contributed by atoms with E-state index >= 15 is 0 Å². The van der Waals surface area contributed by atoms with E-state index in [-0.39, 0.29) is 18.4 Å². The van der Waals surface area contributed by atoms with Crippen molar-refractivity contribution in [2.75, 3.05) is 6.54 Å². The van der Waals surface area contributed by atoms with Gasteiger partial charge in [-0.15, -0.1) is 0 Å². The highest BCUT2D eigenvalue weighted by atomic mass is 16.5. The summed E-state index contributed by atoms with van der Waals surface area (Å²) in [6, 6.07) is 7.92. The number of hydrogen-bond acceptors (Lipinski definition) is 3. The molecule has 1 aromatic carbocycles. The van der Waals surface area contributed by atoms with Gasteiger partial charge in [0.1, 0.15) is 0 Å². The zero-order valence-corrected chi connectivity index (χ0v) is 15.0. The Bertz CT molecular complexity index is 597. The Labute approximate surface area is 144 Å². The molecular formula is C19H28N2O3. The monoisotopic (exact) mass is 332 g/mol. The van der Waals surface area contributed by atoms with Gasteiger partial charge in [-0.25, -0.2) is 5.48 Å². The molecule has 24 heavy (non-hydrogen) atoms. The molecule has 1 fully saturated rings. The number of amides is 2. The maximum atomic E-state index is 13.1. The van der Waals surface area contributed by atoms with E-state index in [9.17, 15) is 9.59 Å². The molecule has 1 heterocycles. The van der Waals surface area contributed by atoms with Gasteiger partial charge in [0, 0.05) is 19.0 Å². The number of carbonyl (C=O) groups excluding carboxylic acids is 2. The maximum Gasteiger partial charge on any atom is 0.245 e. The number of rotatable bonds is 6. The number of aryl methyl sites for hydroxylation is 1. The molecule has 2 amide bonds. The number of nitrogens with zero attached hydrogens (tertiary/aromatic N) is 1. The highest BCUT2D eigenvalue weighted by Gasteiger charge is 2.46. The molecule has 2 atom stereocenters. The van der Waals surface area contributed by atoms with Gasteiger partial charge in [0.05, 0.1) is 5.41 Å². The van der Waals surface area contributed by atoms with E-state index in [1.54, 1.807) is 5.48 Å². The third-order valence-corrected chi connectivity index (χ3v) is 5.00. The van der Waals surface area contributed by atoms with Crippen molar-refractivity contribution in [2.45, 2.75) is 58.4 Å². The average molecular weight is 332 g/mol. The quantitative estimate of drug-likeness (QED) is 0.622. The Hall–Kier alpha value is -1.88. The third kappa shape index (κ3) is 3.78. The van der Waals surface area contributed by atoms with Crippen molar-refractivity contribution in [3.63, 3.8) is 0 Å². The fourth-order valence-electron chi connectivity index (χ4n) is 3.53. The molecule has 0 spiro atoms. The number of carbonyl (C=O) groups is 2. The van der Waals surface area contributed by atoms with Gasteiger partial charge < -0.3 is 4.90 Å². The molecule has 0 radical (unpaired) electrons. The van der Waals surface area contributed by atoms with Crippen LogP contribution in [0.5, 0.6) is 0 Å². The summed E-state index contributed by atoms with van der Waals surface area (Å²) in [5.41, 5.74) is 3.34. The van der Waals surface area contributed by atoms with Crippen molar-refractivity contribution < 1.29 is 14.8 Å². The zero-order valence-electron chi connectivity index (χ0n) is 15.0. The summed E-state index contributed by atoms with van der Waals surface area (Å²) in [5, 5.41) is 8.83. The normalized spacial score (nSPS) is 22.1. The summed E-state index contributed by atoms with van der Waals surface area (Å²) in [4.78, 5) is 26.6. The van der Waals surface area contributed by atoms with Gasteiger partial charge in [0.15, 0.2) is 0 Å². The van der Waals surface area contributed by atoms with Gasteiger partial charge in [0.25, 0.3) is 0 Å². The topological polar surface area (TPSA) is 69.6 Å². The van der Waals surface area contributed by atoms with E-state index in [2.05, 4.69) is 13.8 Å². The third-order valence-electron chi connectivity index (χ3n) is 5.00. The lowest BCUT2D eigenvalue weighted by Gasteiger charge is -2.31. The van der Waals surface area contributed by atoms with Gasteiger partial charge in [-0.05, 0) is 38.2 Å². The van der Waals surface area contributed by atoms with Crippen LogP contribution in [-0.4, -0.2) is 34.5 Å². The molecule has 2 N–H and O–H groups in total. The Morgan fingerprint density at radius 1 is 1.33 bits per heavy atom. The average Bonchev–Trinajstić information content (AvgIpc) is 2.83. The summed E-state index contributed by atoms with van der Waals surface area (Å²) >= 11 is 0. The molecule has 5 nitrogen and oxygen atoms in total. The van der Waals surface area contributed by atoms with Crippen LogP contribution in [0, 0.1) is 12.8 Å². The fraction of sp³-hybridized carbons (Fsp3) is 0.579. The predicted octanol–water partition coefficient (Wildman–Crippen LogP) is 2.80. The molecule has 2 unspecified atom stereocenters. The van der Waals surface area contributed by atoms with Gasteiger partial charge in [-0.1, -0.05) is 43.7 Å². The first-order valence-electron chi connectivity index (χ1n) is 8.59. The molecule has 1 aliphatic heterocycles. The van der Waals surface area contributed by atoms with Crippen LogP contribution in [0.15, 0.2) is 24.3 Å². The van der Waals surface area contributed by atoms with Crippen LogP contribution in [0.4, 0.5) is 0 Å². The molecule has 0 aliphatic carbocycles. The van der Waals surface area contributed by atoms with Gasteiger partial charge in [-0.3, -0.25) is 14.8 Å². The highest BCUT2D eigenvalue weighted by Crippen LogP contribution is 2.37. The second kappa shape index (κ2) is 7.34. The van der Waals surface area contributed by atoms with E-state index in [0.717, 1.165) is 18.4 Å². The van der Waals surface area contributed by atoms with Crippen LogP contribution >= 0.6 is 0 Å². The van der Waals surface area contributed by atoms with Gasteiger partial charge >= 0.3 is 0 Å². The Kier molecular flexibility index (Phi) is 5.65. The van der Waals surface area contributed by atoms with Crippen molar-refractivity contribution in [3.05, 3.63) is 35.4 Å². The standard InChI is InChI=1S/C19H28N2O3/c1-13(2)11-16(12-17(22)20-24)21-10-9-19(4,18(21)23)15-7-5-14(3)6-8-15/h5-8,13,16,24H,9-12H2,1-4H3,(H,20,22). The minimum Gasteiger partial charge on any atom is -0.338 e. The number of hydroxylamine groups is 1. The largest absolute Gasteiger partial charge is 0.338 e. The van der Waals surface area contributed by atoms with Crippen molar-refractivity contribution in [1.82, 2.24) is 10.4 Å². The number of likely N-dealkylation sites (tertiary alicyclic amines) is 1. The van der Waals surface area contributed by atoms with Crippen molar-refractivity contribution in [2.24, 2.45) is 5.92 Å². The molecular weight excluding hydrogens is 304 g/mol. The van der Waals surface area contributed by atoms with Crippen LogP contribution in [-0.2, 0) is 15.0 Å². The lowest BCUT2D eigenvalue weighted by molar-refractivity contribution is -0.136. The number of hydrogen-bond donors (Lipinski definition) is 2. The van der Waals surface area contributed by atoms with Crippen molar-refractivity contribution in [3.8, 4) is 0 Å². The van der Waals surface area contributed by atoms with E-state index in [1.165, 1.54) is 5.56 Å². The van der Waals surface area contributed by atoms with E-state index < -0.39 is 11.3 Å². The van der Waals surface area contributed by atoms with Crippen LogP contribution in [0.25, 0.3) is 0 Å². The SMILES string of the molecule is Cc1ccc(C2(C)CCN(C(CC(=O)NO)CC(C)C)C2=O)cc1. The molecule has 0 bridgehead atoms. The number of nitrogens with one attached hydrogen (secondary N) is 1. The summed E-state index contributed by atoms with van der Waals surface area (Å²) in [7, 11) is 0. The van der Waals surface area contributed by atoms with Crippen LogP contribution in [0.1, 0.15) is 51.2 Å². The van der Waals surface area contributed by atoms with Crippen LogP contribution in [0.3, 0.4) is 0 Å². The Balaban J connectivity index is 2.23. The molecule has 5 heteroatoms. The maximum absolute atomic E-state index is 13.1. The predicted molar refractivity (Wildman–Crippen MR) is 92.7 cm³/mol. The minimum atomic E-state index is -0.543. The smallest absolute Gasteiger partial charge is 0.245 e. The zero-order chi connectivity index (χ0) is 17.9. The van der Waals surface area contributed by atoms with Crippen molar-refractivity contribution in [1.29, 1.82) is 0 Å². The van der Waals surface area contributed by atoms with E-state index in [1.807, 2.05) is 43.0 Å². The lowest BCUT2D eigenvalue weighted by Crippen LogP contribution is -2.44. The molecule has 132 valence electrons. The molecule has 0 aromatic heterocycles.